The highest BCUT2D eigenvalue weighted by molar-refractivity contribution is 5.15. The van der Waals surface area contributed by atoms with Crippen LogP contribution in [0.4, 0.5) is 0 Å². The van der Waals surface area contributed by atoms with Gasteiger partial charge in [-0.1, -0.05) is 68.2 Å². The molecule has 0 radical (unpaired) electrons. The maximum absolute atomic E-state index is 4.31. The standard InChI is InChI=1S/C11H18N2.3C2H6/c1-3-5-6-7-11-10(4-2)8-12-9-13-11;3*1-2/h8-9H,3-7H2,1-2H3;3*1-2H3. The molecule has 0 aliphatic rings. The van der Waals surface area contributed by atoms with Crippen LogP contribution in [-0.2, 0) is 12.8 Å². The molecule has 0 aromatic carbocycles. The Kier molecular flexibility index (Phi) is 27.2. The molecule has 0 N–H and O–H groups in total. The predicted molar refractivity (Wildman–Crippen MR) is 88.7 cm³/mol. The first kappa shape index (κ1) is 23.2. The van der Waals surface area contributed by atoms with Gasteiger partial charge in [0.05, 0.1) is 0 Å². The molecule has 0 aliphatic heterocycles. The summed E-state index contributed by atoms with van der Waals surface area (Å²) in [5, 5.41) is 0. The molecule has 0 saturated heterocycles. The van der Waals surface area contributed by atoms with Crippen molar-refractivity contribution in [3.8, 4) is 0 Å². The first-order valence-electron chi connectivity index (χ1n) is 8.16. The van der Waals surface area contributed by atoms with E-state index in [0.717, 1.165) is 12.8 Å². The third-order valence-corrected chi connectivity index (χ3v) is 2.28. The lowest BCUT2D eigenvalue weighted by molar-refractivity contribution is 0.700. The number of nitrogens with zero attached hydrogens (tertiary/aromatic N) is 2. The van der Waals surface area contributed by atoms with E-state index in [9.17, 15) is 0 Å². The second kappa shape index (κ2) is 22.3. The summed E-state index contributed by atoms with van der Waals surface area (Å²) in [6, 6.07) is 0. The summed E-state index contributed by atoms with van der Waals surface area (Å²) in [5.74, 6) is 0. The van der Waals surface area contributed by atoms with Gasteiger partial charge in [0.2, 0.25) is 0 Å². The quantitative estimate of drug-likeness (QED) is 0.626. The summed E-state index contributed by atoms with van der Waals surface area (Å²) in [7, 11) is 0. The van der Waals surface area contributed by atoms with E-state index in [-0.39, 0.29) is 0 Å². The monoisotopic (exact) mass is 268 g/mol. The molecule has 1 aromatic rings. The summed E-state index contributed by atoms with van der Waals surface area (Å²) < 4.78 is 0. The summed E-state index contributed by atoms with van der Waals surface area (Å²) in [6.45, 7) is 16.4. The Labute approximate surface area is 122 Å². The minimum Gasteiger partial charge on any atom is -0.245 e. The average molecular weight is 268 g/mol. The van der Waals surface area contributed by atoms with Crippen molar-refractivity contribution in [1.82, 2.24) is 9.97 Å². The molecule has 0 fully saturated rings. The Morgan fingerprint density at radius 1 is 0.895 bits per heavy atom. The van der Waals surface area contributed by atoms with Gasteiger partial charge >= 0.3 is 0 Å². The minimum atomic E-state index is 1.04. The van der Waals surface area contributed by atoms with Crippen molar-refractivity contribution in [1.29, 1.82) is 0 Å². The van der Waals surface area contributed by atoms with Gasteiger partial charge in [0.25, 0.3) is 0 Å². The summed E-state index contributed by atoms with van der Waals surface area (Å²) in [6.07, 6.45) is 9.57. The van der Waals surface area contributed by atoms with Crippen LogP contribution < -0.4 is 0 Å². The van der Waals surface area contributed by atoms with Crippen LogP contribution in [0.5, 0.6) is 0 Å². The van der Waals surface area contributed by atoms with Crippen LogP contribution in [0.2, 0.25) is 0 Å². The van der Waals surface area contributed by atoms with Gasteiger partial charge < -0.3 is 0 Å². The number of hydrogen-bond donors (Lipinski definition) is 0. The Bertz CT molecular complexity index is 247. The first-order valence-corrected chi connectivity index (χ1v) is 8.16. The summed E-state index contributed by atoms with van der Waals surface area (Å²) in [5.41, 5.74) is 2.55. The number of hydrogen-bond acceptors (Lipinski definition) is 2. The van der Waals surface area contributed by atoms with E-state index < -0.39 is 0 Å². The molecule has 1 heterocycles. The zero-order valence-electron chi connectivity index (χ0n) is 14.6. The van der Waals surface area contributed by atoms with Gasteiger partial charge in [-0.05, 0) is 24.8 Å². The third-order valence-electron chi connectivity index (χ3n) is 2.28. The van der Waals surface area contributed by atoms with E-state index >= 15 is 0 Å². The molecule has 1 aromatic heterocycles. The third kappa shape index (κ3) is 13.3. The molecule has 2 nitrogen and oxygen atoms in total. The summed E-state index contributed by atoms with van der Waals surface area (Å²) in [4.78, 5) is 8.34. The van der Waals surface area contributed by atoms with E-state index in [4.69, 9.17) is 0 Å². The highest BCUT2D eigenvalue weighted by Crippen LogP contribution is 2.08. The number of unbranched alkanes of at least 4 members (excludes halogenated alkanes) is 2. The van der Waals surface area contributed by atoms with Gasteiger partial charge in [0.15, 0.2) is 0 Å². The van der Waals surface area contributed by atoms with E-state index in [1.807, 2.05) is 47.7 Å². The van der Waals surface area contributed by atoms with E-state index in [2.05, 4.69) is 23.8 Å². The molecular formula is C17H36N2. The van der Waals surface area contributed by atoms with Crippen molar-refractivity contribution in [3.05, 3.63) is 23.8 Å². The maximum Gasteiger partial charge on any atom is 0.115 e. The van der Waals surface area contributed by atoms with Crippen LogP contribution in [0.1, 0.15) is 85.9 Å². The second-order valence-electron chi connectivity index (χ2n) is 3.31. The van der Waals surface area contributed by atoms with Crippen molar-refractivity contribution in [2.75, 3.05) is 0 Å². The highest BCUT2D eigenvalue weighted by atomic mass is 14.8. The molecule has 0 unspecified atom stereocenters. The fraction of sp³-hybridized carbons (Fsp3) is 0.765. The van der Waals surface area contributed by atoms with Gasteiger partial charge in [0.1, 0.15) is 6.33 Å². The smallest absolute Gasteiger partial charge is 0.115 e. The minimum absolute atomic E-state index is 1.04. The lowest BCUT2D eigenvalue weighted by Crippen LogP contribution is -1.97. The van der Waals surface area contributed by atoms with Gasteiger partial charge in [-0.15, -0.1) is 0 Å². The first-order chi connectivity index (χ1) is 9.38. The van der Waals surface area contributed by atoms with Crippen LogP contribution in [0.25, 0.3) is 0 Å². The molecule has 114 valence electrons. The lowest BCUT2D eigenvalue weighted by atomic mass is 10.1. The van der Waals surface area contributed by atoms with E-state index in [1.54, 1.807) is 6.33 Å². The second-order valence-corrected chi connectivity index (χ2v) is 3.31. The molecule has 1 rings (SSSR count). The molecule has 0 spiro atoms. The van der Waals surface area contributed by atoms with Crippen LogP contribution in [0.15, 0.2) is 12.5 Å². The number of aromatic nitrogens is 2. The molecular weight excluding hydrogens is 232 g/mol. The van der Waals surface area contributed by atoms with Gasteiger partial charge in [-0.25, -0.2) is 9.97 Å². The normalized spacial score (nSPS) is 8.00. The fourth-order valence-electron chi connectivity index (χ4n) is 1.45. The summed E-state index contributed by atoms with van der Waals surface area (Å²) >= 11 is 0. The Hall–Kier alpha value is -0.920. The van der Waals surface area contributed by atoms with Crippen molar-refractivity contribution >= 4 is 0 Å². The van der Waals surface area contributed by atoms with Crippen molar-refractivity contribution in [2.24, 2.45) is 0 Å². The molecule has 0 aliphatic carbocycles. The topological polar surface area (TPSA) is 25.8 Å². The number of aryl methyl sites for hydroxylation is 2. The van der Waals surface area contributed by atoms with Gasteiger partial charge in [0, 0.05) is 11.9 Å². The van der Waals surface area contributed by atoms with Gasteiger partial charge in [-0.3, -0.25) is 0 Å². The van der Waals surface area contributed by atoms with Crippen LogP contribution >= 0.6 is 0 Å². The average Bonchev–Trinajstić information content (AvgIpc) is 2.54. The molecule has 0 saturated carbocycles. The van der Waals surface area contributed by atoms with E-state index in [0.29, 0.717) is 0 Å². The predicted octanol–water partition coefficient (Wildman–Crippen LogP) is 5.85. The van der Waals surface area contributed by atoms with Crippen LogP contribution in [0.3, 0.4) is 0 Å². The van der Waals surface area contributed by atoms with Crippen LogP contribution in [-0.4, -0.2) is 9.97 Å². The molecule has 2 heteroatoms. The molecule has 0 bridgehead atoms. The largest absolute Gasteiger partial charge is 0.245 e. The Morgan fingerprint density at radius 3 is 1.95 bits per heavy atom. The van der Waals surface area contributed by atoms with Crippen molar-refractivity contribution < 1.29 is 0 Å². The fourth-order valence-corrected chi connectivity index (χ4v) is 1.45. The molecule has 0 atom stereocenters. The van der Waals surface area contributed by atoms with Crippen molar-refractivity contribution in [3.63, 3.8) is 0 Å². The Morgan fingerprint density at radius 2 is 1.47 bits per heavy atom. The number of rotatable bonds is 5. The van der Waals surface area contributed by atoms with Crippen molar-refractivity contribution in [2.45, 2.75) is 87.5 Å². The van der Waals surface area contributed by atoms with E-state index in [1.165, 1.54) is 30.5 Å². The zero-order valence-corrected chi connectivity index (χ0v) is 14.6. The Balaban J connectivity index is -0.000000375. The highest BCUT2D eigenvalue weighted by Gasteiger charge is 2.00. The maximum atomic E-state index is 4.31. The molecule has 0 amide bonds. The zero-order chi connectivity index (χ0) is 15.5. The SMILES string of the molecule is CC.CC.CC.CCCCCc1ncncc1CC. The molecule has 19 heavy (non-hydrogen) atoms. The lowest BCUT2D eigenvalue weighted by Gasteiger charge is -2.04. The van der Waals surface area contributed by atoms with Gasteiger partial charge in [-0.2, -0.15) is 0 Å². The van der Waals surface area contributed by atoms with Crippen LogP contribution in [0, 0.1) is 0 Å².